The van der Waals surface area contributed by atoms with Crippen molar-refractivity contribution in [2.45, 2.75) is 0 Å². The van der Waals surface area contributed by atoms with Crippen molar-refractivity contribution >= 4 is 32.6 Å². The molecule has 10 aromatic rings. The van der Waals surface area contributed by atoms with E-state index in [2.05, 4.69) is 103 Å². The highest BCUT2D eigenvalue weighted by molar-refractivity contribution is 6.21. The molecule has 266 valence electrons. The molecule has 6 heteroatoms. The number of rotatable bonds is 6. The van der Waals surface area contributed by atoms with Crippen LogP contribution < -0.4 is 5.69 Å². The summed E-state index contributed by atoms with van der Waals surface area (Å²) < 4.78 is 3.45. The second-order valence-electron chi connectivity index (χ2n) is 14.1. The van der Waals surface area contributed by atoms with Crippen LogP contribution in [0.3, 0.4) is 0 Å². The monoisotopic (exact) mass is 721 g/mol. The highest BCUT2D eigenvalue weighted by Gasteiger charge is 2.20. The summed E-state index contributed by atoms with van der Waals surface area (Å²) in [5.74, 6) is 1.88. The third-order valence-corrected chi connectivity index (χ3v) is 10.8. The molecule has 2 heterocycles. The Morgan fingerprint density at radius 1 is 0.375 bits per heavy atom. The number of aromatic nitrogens is 5. The van der Waals surface area contributed by atoms with Crippen molar-refractivity contribution in [3.63, 3.8) is 0 Å². The molecule has 0 amide bonds. The average Bonchev–Trinajstić information content (AvgIpc) is 3.49. The minimum absolute atomic E-state index is 0.0379. The maximum absolute atomic E-state index is 13.0. The lowest BCUT2D eigenvalue weighted by Crippen LogP contribution is -2.19. The van der Waals surface area contributed by atoms with Gasteiger partial charge >= 0.3 is 5.69 Å². The summed E-state index contributed by atoms with van der Waals surface area (Å²) >= 11 is 0. The second kappa shape index (κ2) is 13.4. The Kier molecular flexibility index (Phi) is 7.96. The van der Waals surface area contributed by atoms with Crippen LogP contribution in [0, 0.1) is 0 Å². The van der Waals surface area contributed by atoms with Gasteiger partial charge in [-0.15, -0.1) is 0 Å². The van der Waals surface area contributed by atoms with Crippen molar-refractivity contribution < 1.29 is 0 Å². The van der Waals surface area contributed by atoms with Crippen molar-refractivity contribution in [3.05, 3.63) is 186 Å². The van der Waals surface area contributed by atoms with Gasteiger partial charge in [0.2, 0.25) is 0 Å². The maximum Gasteiger partial charge on any atom is 0.328 e. The maximum atomic E-state index is 13.0. The van der Waals surface area contributed by atoms with Crippen LogP contribution in [-0.2, 0) is 14.1 Å². The van der Waals surface area contributed by atoms with Gasteiger partial charge in [0, 0.05) is 36.3 Å². The number of imidazole rings is 1. The number of hydrogen-bond donors (Lipinski definition) is 0. The van der Waals surface area contributed by atoms with E-state index in [4.69, 9.17) is 15.0 Å². The number of nitrogens with zero attached hydrogens (tertiary/aromatic N) is 5. The molecular formula is C50H35N5O. The van der Waals surface area contributed by atoms with Crippen molar-refractivity contribution in [2.24, 2.45) is 14.1 Å². The molecule has 0 aliphatic heterocycles. The molecule has 0 radical (unpaired) electrons. The Hall–Kier alpha value is -7.44. The number of aryl methyl sites for hydroxylation is 2. The molecule has 0 saturated heterocycles. The van der Waals surface area contributed by atoms with Crippen molar-refractivity contribution in [1.82, 2.24) is 24.1 Å². The Labute approximate surface area is 323 Å². The summed E-state index contributed by atoms with van der Waals surface area (Å²) in [6, 6.07) is 60.9. The van der Waals surface area contributed by atoms with Gasteiger partial charge in [0.15, 0.2) is 17.5 Å². The standard InChI is InChI=1S/C50H35N5O/c1-54-43-29-15-28-38(46(43)55(2)50(54)56)34-20-13-21-35(30-34)44-39-24-9-11-26-41(39)45(42-27-12-10-25-40(42)44)36-22-14-23-37(31-36)49-52-47(32-16-5-3-6-17-32)51-48(53-49)33-18-7-4-8-19-33/h3-31H,1-2H3. The summed E-state index contributed by atoms with van der Waals surface area (Å²) in [7, 11) is 3.67. The fourth-order valence-corrected chi connectivity index (χ4v) is 8.16. The van der Waals surface area contributed by atoms with Crippen LogP contribution in [0.1, 0.15) is 0 Å². The summed E-state index contributed by atoms with van der Waals surface area (Å²) in [5.41, 5.74) is 11.2. The molecule has 10 rings (SSSR count). The lowest BCUT2D eigenvalue weighted by molar-refractivity contribution is 0.795. The van der Waals surface area contributed by atoms with Gasteiger partial charge in [-0.1, -0.05) is 158 Å². The first-order chi connectivity index (χ1) is 27.5. The third kappa shape index (κ3) is 5.50. The molecule has 0 N–H and O–H groups in total. The Bertz CT molecular complexity index is 3070. The van der Waals surface area contributed by atoms with E-state index in [1.165, 1.54) is 5.56 Å². The highest BCUT2D eigenvalue weighted by Crippen LogP contribution is 2.45. The molecule has 0 atom stereocenters. The van der Waals surface area contributed by atoms with Crippen LogP contribution in [0.5, 0.6) is 0 Å². The third-order valence-electron chi connectivity index (χ3n) is 10.8. The van der Waals surface area contributed by atoms with Gasteiger partial charge in [-0.05, 0) is 67.6 Å². The van der Waals surface area contributed by atoms with E-state index in [0.29, 0.717) is 17.5 Å². The van der Waals surface area contributed by atoms with Crippen LogP contribution in [-0.4, -0.2) is 24.1 Å². The molecule has 0 fully saturated rings. The van der Waals surface area contributed by atoms with E-state index in [-0.39, 0.29) is 5.69 Å². The van der Waals surface area contributed by atoms with Crippen LogP contribution in [0.2, 0.25) is 0 Å². The van der Waals surface area contributed by atoms with Crippen LogP contribution in [0.15, 0.2) is 181 Å². The van der Waals surface area contributed by atoms with Crippen molar-refractivity contribution in [1.29, 1.82) is 0 Å². The van der Waals surface area contributed by atoms with E-state index >= 15 is 0 Å². The molecule has 0 spiro atoms. The molecule has 0 aliphatic carbocycles. The highest BCUT2D eigenvalue weighted by atomic mass is 16.1. The van der Waals surface area contributed by atoms with Crippen LogP contribution >= 0.6 is 0 Å². The Morgan fingerprint density at radius 2 is 0.768 bits per heavy atom. The fourth-order valence-electron chi connectivity index (χ4n) is 8.16. The van der Waals surface area contributed by atoms with Gasteiger partial charge in [-0.3, -0.25) is 9.13 Å². The minimum atomic E-state index is -0.0379. The fraction of sp³-hybridized carbons (Fsp3) is 0.0400. The zero-order chi connectivity index (χ0) is 37.8. The number of hydrogen-bond acceptors (Lipinski definition) is 4. The number of fused-ring (bicyclic) bond motifs is 3. The lowest BCUT2D eigenvalue weighted by Gasteiger charge is -2.18. The SMILES string of the molecule is Cn1c(=O)n(C)c2c(-c3cccc(-c4c5ccccc5c(-c5cccc(-c6nc(-c7ccccc7)nc(-c7ccccc7)n6)c5)c5ccccc45)c3)cccc21. The molecule has 56 heavy (non-hydrogen) atoms. The average molecular weight is 722 g/mol. The van der Waals surface area contributed by atoms with Gasteiger partial charge in [0.1, 0.15) is 0 Å². The van der Waals surface area contributed by atoms with E-state index in [1.54, 1.807) is 9.13 Å². The zero-order valence-electron chi connectivity index (χ0n) is 30.9. The molecule has 6 nitrogen and oxygen atoms in total. The van der Waals surface area contributed by atoms with E-state index in [0.717, 1.165) is 77.1 Å². The normalized spacial score (nSPS) is 11.5. The number of para-hydroxylation sites is 1. The topological polar surface area (TPSA) is 65.6 Å². The molecule has 0 unspecified atom stereocenters. The van der Waals surface area contributed by atoms with E-state index in [9.17, 15) is 4.79 Å². The summed E-state index contributed by atoms with van der Waals surface area (Å²) in [4.78, 5) is 27.9. The Balaban J connectivity index is 1.16. The number of benzene rings is 8. The first-order valence-corrected chi connectivity index (χ1v) is 18.7. The first kappa shape index (κ1) is 33.2. The summed E-state index contributed by atoms with van der Waals surface area (Å²) in [6.45, 7) is 0. The summed E-state index contributed by atoms with van der Waals surface area (Å²) in [6.07, 6.45) is 0. The van der Waals surface area contributed by atoms with Gasteiger partial charge < -0.3 is 0 Å². The van der Waals surface area contributed by atoms with Gasteiger partial charge in [-0.2, -0.15) is 0 Å². The Morgan fingerprint density at radius 3 is 1.29 bits per heavy atom. The predicted octanol–water partition coefficient (Wildman–Crippen LogP) is 11.4. The quantitative estimate of drug-likeness (QED) is 0.160. The largest absolute Gasteiger partial charge is 0.328 e. The second-order valence-corrected chi connectivity index (χ2v) is 14.1. The van der Waals surface area contributed by atoms with Gasteiger partial charge in [0.05, 0.1) is 11.0 Å². The van der Waals surface area contributed by atoms with Crippen molar-refractivity contribution in [2.75, 3.05) is 0 Å². The molecule has 8 aromatic carbocycles. The van der Waals surface area contributed by atoms with E-state index < -0.39 is 0 Å². The summed E-state index contributed by atoms with van der Waals surface area (Å²) in [5, 5.41) is 4.63. The lowest BCUT2D eigenvalue weighted by atomic mass is 9.85. The van der Waals surface area contributed by atoms with Crippen molar-refractivity contribution in [3.8, 4) is 67.5 Å². The van der Waals surface area contributed by atoms with Crippen LogP contribution in [0.4, 0.5) is 0 Å². The zero-order valence-corrected chi connectivity index (χ0v) is 30.9. The van der Waals surface area contributed by atoms with Gasteiger partial charge in [-0.25, -0.2) is 19.7 Å². The smallest absolute Gasteiger partial charge is 0.295 e. The molecule has 0 saturated carbocycles. The molecular weight excluding hydrogens is 687 g/mol. The van der Waals surface area contributed by atoms with E-state index in [1.807, 2.05) is 86.9 Å². The molecule has 2 aromatic heterocycles. The first-order valence-electron chi connectivity index (χ1n) is 18.7. The predicted molar refractivity (Wildman–Crippen MR) is 229 cm³/mol. The van der Waals surface area contributed by atoms with Crippen LogP contribution in [0.25, 0.3) is 100 Å². The minimum Gasteiger partial charge on any atom is -0.295 e. The molecule has 0 aliphatic rings. The van der Waals surface area contributed by atoms with Gasteiger partial charge in [0.25, 0.3) is 0 Å². The molecule has 0 bridgehead atoms.